The summed E-state index contributed by atoms with van der Waals surface area (Å²) in [4.78, 5) is 26.0. The Morgan fingerprint density at radius 3 is 2.73 bits per heavy atom. The SMILES string of the molecule is Cc1nnc(NC(=O)C2CC(=O)N(c3ccc(Cl)cc3)C2)s1. The number of benzene rings is 1. The molecule has 6 nitrogen and oxygen atoms in total. The highest BCUT2D eigenvalue weighted by atomic mass is 35.5. The maximum atomic E-state index is 12.2. The van der Waals surface area contributed by atoms with Gasteiger partial charge < -0.3 is 10.2 Å². The molecule has 0 spiro atoms. The van der Waals surface area contributed by atoms with Crippen LogP contribution < -0.4 is 10.2 Å². The molecule has 1 aromatic carbocycles. The molecule has 1 aromatic heterocycles. The summed E-state index contributed by atoms with van der Waals surface area (Å²) in [6.45, 7) is 2.17. The summed E-state index contributed by atoms with van der Waals surface area (Å²) in [7, 11) is 0. The van der Waals surface area contributed by atoms with Crippen LogP contribution in [0.5, 0.6) is 0 Å². The van der Waals surface area contributed by atoms with Crippen molar-refractivity contribution < 1.29 is 9.59 Å². The summed E-state index contributed by atoms with van der Waals surface area (Å²) in [5, 5.41) is 12.3. The van der Waals surface area contributed by atoms with E-state index in [1.807, 2.05) is 6.92 Å². The molecule has 0 radical (unpaired) electrons. The van der Waals surface area contributed by atoms with Crippen LogP contribution in [0.25, 0.3) is 0 Å². The highest BCUT2D eigenvalue weighted by molar-refractivity contribution is 7.15. The zero-order chi connectivity index (χ0) is 15.7. The van der Waals surface area contributed by atoms with Crippen molar-refractivity contribution in [2.24, 2.45) is 5.92 Å². The predicted octanol–water partition coefficient (Wildman–Crippen LogP) is 2.49. The van der Waals surface area contributed by atoms with Gasteiger partial charge in [0.25, 0.3) is 0 Å². The molecule has 22 heavy (non-hydrogen) atoms. The van der Waals surface area contributed by atoms with Gasteiger partial charge in [-0.2, -0.15) is 0 Å². The second-order valence-corrected chi connectivity index (χ2v) is 6.62. The van der Waals surface area contributed by atoms with E-state index < -0.39 is 5.92 Å². The zero-order valence-electron chi connectivity index (χ0n) is 11.7. The fraction of sp³-hybridized carbons (Fsp3) is 0.286. The lowest BCUT2D eigenvalue weighted by Gasteiger charge is -2.16. The Morgan fingerprint density at radius 1 is 1.36 bits per heavy atom. The van der Waals surface area contributed by atoms with Gasteiger partial charge in [0, 0.05) is 23.7 Å². The van der Waals surface area contributed by atoms with Gasteiger partial charge in [-0.15, -0.1) is 10.2 Å². The van der Waals surface area contributed by atoms with Crippen LogP contribution in [-0.4, -0.2) is 28.6 Å². The van der Waals surface area contributed by atoms with E-state index in [2.05, 4.69) is 15.5 Å². The first kappa shape index (κ1) is 14.9. The Bertz CT molecular complexity index is 716. The Labute approximate surface area is 136 Å². The van der Waals surface area contributed by atoms with Gasteiger partial charge in [-0.05, 0) is 31.2 Å². The summed E-state index contributed by atoms with van der Waals surface area (Å²) >= 11 is 7.15. The number of aryl methyl sites for hydroxylation is 1. The van der Waals surface area contributed by atoms with E-state index in [9.17, 15) is 9.59 Å². The molecule has 1 atom stereocenters. The van der Waals surface area contributed by atoms with Crippen LogP contribution in [0.4, 0.5) is 10.8 Å². The molecule has 2 aromatic rings. The molecular formula is C14H13ClN4O2S. The van der Waals surface area contributed by atoms with Crippen LogP contribution in [-0.2, 0) is 9.59 Å². The van der Waals surface area contributed by atoms with Gasteiger partial charge >= 0.3 is 0 Å². The minimum absolute atomic E-state index is 0.0732. The molecule has 1 saturated heterocycles. The number of hydrogen-bond donors (Lipinski definition) is 1. The number of rotatable bonds is 3. The molecule has 1 fully saturated rings. The van der Waals surface area contributed by atoms with Gasteiger partial charge in [0.1, 0.15) is 5.01 Å². The van der Waals surface area contributed by atoms with E-state index in [-0.39, 0.29) is 18.2 Å². The molecule has 8 heteroatoms. The van der Waals surface area contributed by atoms with E-state index in [1.54, 1.807) is 29.2 Å². The molecule has 114 valence electrons. The Balaban J connectivity index is 1.68. The molecule has 1 unspecified atom stereocenters. The first-order valence-corrected chi connectivity index (χ1v) is 7.89. The number of halogens is 1. The third-order valence-electron chi connectivity index (χ3n) is 3.39. The van der Waals surface area contributed by atoms with Crippen LogP contribution >= 0.6 is 22.9 Å². The molecule has 1 N–H and O–H groups in total. The van der Waals surface area contributed by atoms with Crippen LogP contribution in [0.3, 0.4) is 0 Å². The molecular weight excluding hydrogens is 324 g/mol. The van der Waals surface area contributed by atoms with E-state index in [0.29, 0.717) is 16.7 Å². The second kappa shape index (κ2) is 6.02. The first-order valence-electron chi connectivity index (χ1n) is 6.70. The number of nitrogens with zero attached hydrogens (tertiary/aromatic N) is 3. The normalized spacial score (nSPS) is 17.8. The van der Waals surface area contributed by atoms with Crippen LogP contribution in [0.15, 0.2) is 24.3 Å². The van der Waals surface area contributed by atoms with Gasteiger partial charge in [0.2, 0.25) is 16.9 Å². The van der Waals surface area contributed by atoms with E-state index in [0.717, 1.165) is 10.7 Å². The molecule has 1 aliphatic heterocycles. The fourth-order valence-corrected chi connectivity index (χ4v) is 3.03. The average Bonchev–Trinajstić information content (AvgIpc) is 3.06. The van der Waals surface area contributed by atoms with Crippen molar-refractivity contribution in [3.05, 3.63) is 34.3 Å². The minimum Gasteiger partial charge on any atom is -0.312 e. The molecule has 0 aliphatic carbocycles. The molecule has 2 amide bonds. The summed E-state index contributed by atoms with van der Waals surface area (Å²) in [5.41, 5.74) is 0.747. The molecule has 0 saturated carbocycles. The molecule has 3 rings (SSSR count). The van der Waals surface area contributed by atoms with Crippen molar-refractivity contribution >= 4 is 45.6 Å². The molecule has 0 bridgehead atoms. The Kier molecular flexibility index (Phi) is 4.08. The minimum atomic E-state index is -0.396. The van der Waals surface area contributed by atoms with Gasteiger partial charge in [-0.25, -0.2) is 0 Å². The molecule has 2 heterocycles. The lowest BCUT2D eigenvalue weighted by atomic mass is 10.1. The van der Waals surface area contributed by atoms with Gasteiger partial charge in [-0.1, -0.05) is 22.9 Å². The third-order valence-corrected chi connectivity index (χ3v) is 4.40. The zero-order valence-corrected chi connectivity index (χ0v) is 13.3. The number of carbonyl (C=O) groups excluding carboxylic acids is 2. The van der Waals surface area contributed by atoms with Crippen LogP contribution in [0.1, 0.15) is 11.4 Å². The first-order chi connectivity index (χ1) is 10.5. The standard InChI is InChI=1S/C14H13ClN4O2S/c1-8-17-18-14(22-8)16-13(21)9-6-12(20)19(7-9)11-4-2-10(15)3-5-11/h2-5,9H,6-7H2,1H3,(H,16,18,21). The van der Waals surface area contributed by atoms with Crippen molar-refractivity contribution in [2.45, 2.75) is 13.3 Å². The number of aromatic nitrogens is 2. The summed E-state index contributed by atoms with van der Waals surface area (Å²) in [6.07, 6.45) is 0.187. The lowest BCUT2D eigenvalue weighted by Crippen LogP contribution is -2.28. The topological polar surface area (TPSA) is 75.2 Å². The largest absolute Gasteiger partial charge is 0.312 e. The maximum Gasteiger partial charge on any atom is 0.231 e. The molecule has 1 aliphatic rings. The summed E-state index contributed by atoms with van der Waals surface area (Å²) in [6, 6.07) is 6.99. The van der Waals surface area contributed by atoms with E-state index >= 15 is 0 Å². The van der Waals surface area contributed by atoms with Crippen molar-refractivity contribution in [2.75, 3.05) is 16.8 Å². The van der Waals surface area contributed by atoms with Crippen molar-refractivity contribution in [3.63, 3.8) is 0 Å². The van der Waals surface area contributed by atoms with E-state index in [1.165, 1.54) is 11.3 Å². The van der Waals surface area contributed by atoms with Crippen molar-refractivity contribution in [1.29, 1.82) is 0 Å². The highest BCUT2D eigenvalue weighted by Crippen LogP contribution is 2.27. The summed E-state index contributed by atoms with van der Waals surface area (Å²) in [5.74, 6) is -0.677. The number of hydrogen-bond acceptors (Lipinski definition) is 5. The van der Waals surface area contributed by atoms with Crippen LogP contribution in [0, 0.1) is 12.8 Å². The monoisotopic (exact) mass is 336 g/mol. The predicted molar refractivity (Wildman–Crippen MR) is 85.2 cm³/mol. The quantitative estimate of drug-likeness (QED) is 0.934. The Hall–Kier alpha value is -1.99. The third kappa shape index (κ3) is 3.10. The summed E-state index contributed by atoms with van der Waals surface area (Å²) < 4.78 is 0. The fourth-order valence-electron chi connectivity index (χ4n) is 2.31. The average molecular weight is 337 g/mol. The van der Waals surface area contributed by atoms with Gasteiger partial charge in [0.15, 0.2) is 0 Å². The van der Waals surface area contributed by atoms with Crippen molar-refractivity contribution in [3.8, 4) is 0 Å². The van der Waals surface area contributed by atoms with Gasteiger partial charge in [-0.3, -0.25) is 9.59 Å². The lowest BCUT2D eigenvalue weighted by molar-refractivity contribution is -0.122. The number of carbonyl (C=O) groups is 2. The van der Waals surface area contributed by atoms with Crippen LogP contribution in [0.2, 0.25) is 5.02 Å². The van der Waals surface area contributed by atoms with Crippen molar-refractivity contribution in [1.82, 2.24) is 10.2 Å². The van der Waals surface area contributed by atoms with Gasteiger partial charge in [0.05, 0.1) is 5.92 Å². The number of nitrogens with one attached hydrogen (secondary N) is 1. The second-order valence-electron chi connectivity index (χ2n) is 5.00. The number of amides is 2. The smallest absolute Gasteiger partial charge is 0.231 e. The number of anilines is 2. The van der Waals surface area contributed by atoms with E-state index in [4.69, 9.17) is 11.6 Å². The highest BCUT2D eigenvalue weighted by Gasteiger charge is 2.35. The maximum absolute atomic E-state index is 12.2. The Morgan fingerprint density at radius 2 is 2.09 bits per heavy atom.